The lowest BCUT2D eigenvalue weighted by Gasteiger charge is -2.16. The molecule has 2 aromatic heterocycles. The average molecular weight is 253 g/mol. The fraction of sp³-hybridized carbons (Fsp3) is 0.500. The van der Waals surface area contributed by atoms with Gasteiger partial charge in [0.2, 0.25) is 0 Å². The molecule has 1 aliphatic heterocycles. The highest BCUT2D eigenvalue weighted by Crippen LogP contribution is 2.37. The number of nitrogens with two attached hydrogens (primary N) is 1. The smallest absolute Gasteiger partial charge is 0.196 e. The van der Waals surface area contributed by atoms with Crippen LogP contribution in [-0.4, -0.2) is 44.0 Å². The third kappa shape index (κ3) is 1.53. The Bertz CT molecular complexity index is 589. The van der Waals surface area contributed by atoms with Crippen molar-refractivity contribution in [2.75, 3.05) is 18.9 Å². The first kappa shape index (κ1) is 11.3. The fourth-order valence-electron chi connectivity index (χ4n) is 2.16. The van der Waals surface area contributed by atoms with Crippen molar-refractivity contribution in [2.24, 2.45) is 0 Å². The molecule has 3 N–H and O–H groups in total. The lowest BCUT2D eigenvalue weighted by Crippen LogP contribution is -2.24. The number of halogens is 1. The summed E-state index contributed by atoms with van der Waals surface area (Å²) in [6, 6.07) is 0. The van der Waals surface area contributed by atoms with Crippen LogP contribution in [-0.2, 0) is 10.4 Å². The molecule has 3 heterocycles. The van der Waals surface area contributed by atoms with Crippen LogP contribution in [0.5, 0.6) is 0 Å². The topological polar surface area (TPSA) is 98.6 Å². The molecule has 1 saturated heterocycles. The third-order valence-corrected chi connectivity index (χ3v) is 3.09. The van der Waals surface area contributed by atoms with Gasteiger partial charge >= 0.3 is 0 Å². The van der Waals surface area contributed by atoms with Gasteiger partial charge in [-0.15, -0.1) is 0 Å². The molecule has 1 aliphatic rings. The second-order valence-corrected chi connectivity index (χ2v) is 4.31. The molecule has 2 atom stereocenters. The first-order valence-electron chi connectivity index (χ1n) is 5.50. The zero-order valence-corrected chi connectivity index (χ0v) is 9.45. The molecule has 96 valence electrons. The van der Waals surface area contributed by atoms with Crippen molar-refractivity contribution >= 4 is 11.5 Å². The number of fused-ring (bicyclic) bond motifs is 1. The lowest BCUT2D eigenvalue weighted by molar-refractivity contribution is 0.0466. The molecule has 7 nitrogen and oxygen atoms in total. The lowest BCUT2D eigenvalue weighted by atomic mass is 9.99. The van der Waals surface area contributed by atoms with E-state index >= 15 is 0 Å². The van der Waals surface area contributed by atoms with Crippen LogP contribution in [0.15, 0.2) is 12.5 Å². The van der Waals surface area contributed by atoms with Crippen molar-refractivity contribution in [3.63, 3.8) is 0 Å². The SMILES string of the molecule is Nc1ncnn2c([C@@]3(F)CO[C@H](CO)C3)cnc12. The second-order valence-electron chi connectivity index (χ2n) is 4.31. The monoisotopic (exact) mass is 253 g/mol. The highest BCUT2D eigenvalue weighted by molar-refractivity contribution is 5.59. The zero-order chi connectivity index (χ0) is 12.8. The quantitative estimate of drug-likeness (QED) is 0.759. The number of aromatic nitrogens is 4. The highest BCUT2D eigenvalue weighted by atomic mass is 19.1. The van der Waals surface area contributed by atoms with Gasteiger partial charge in [0.15, 0.2) is 17.1 Å². The van der Waals surface area contributed by atoms with Crippen molar-refractivity contribution in [3.8, 4) is 0 Å². The summed E-state index contributed by atoms with van der Waals surface area (Å²) in [5.41, 5.74) is 4.50. The zero-order valence-electron chi connectivity index (χ0n) is 9.45. The largest absolute Gasteiger partial charge is 0.394 e. The summed E-state index contributed by atoms with van der Waals surface area (Å²) < 4.78 is 21.3. The number of hydrogen-bond acceptors (Lipinski definition) is 6. The van der Waals surface area contributed by atoms with E-state index in [1.165, 1.54) is 17.0 Å². The standard InChI is InChI=1S/C10H12FN5O2/c11-10(1-6(3-17)18-4-10)7-2-13-9-8(12)14-5-15-16(7)9/h2,5-6,17H,1,3-4H2,(H2,12,14,15)/t6-,10-/m0/s1. The van der Waals surface area contributed by atoms with Gasteiger partial charge in [-0.3, -0.25) is 0 Å². The number of nitrogen functional groups attached to an aromatic ring is 1. The van der Waals surface area contributed by atoms with Crippen LogP contribution < -0.4 is 5.73 Å². The van der Waals surface area contributed by atoms with Crippen molar-refractivity contribution in [1.29, 1.82) is 0 Å². The molecule has 2 aromatic rings. The van der Waals surface area contributed by atoms with E-state index < -0.39 is 11.8 Å². The molecule has 0 amide bonds. The number of aliphatic hydroxyl groups excluding tert-OH is 1. The molecule has 0 radical (unpaired) electrons. The number of aliphatic hydroxyl groups is 1. The molecule has 0 bridgehead atoms. The summed E-state index contributed by atoms with van der Waals surface area (Å²) >= 11 is 0. The van der Waals surface area contributed by atoms with Crippen LogP contribution in [0.2, 0.25) is 0 Å². The van der Waals surface area contributed by atoms with Gasteiger partial charge in [0.25, 0.3) is 0 Å². The number of alkyl halides is 1. The van der Waals surface area contributed by atoms with Crippen LogP contribution in [0.1, 0.15) is 12.1 Å². The Kier molecular flexibility index (Phi) is 2.42. The van der Waals surface area contributed by atoms with Gasteiger partial charge in [0.1, 0.15) is 12.0 Å². The summed E-state index contributed by atoms with van der Waals surface area (Å²) in [4.78, 5) is 7.80. The Hall–Kier alpha value is -1.80. The van der Waals surface area contributed by atoms with Crippen molar-refractivity contribution < 1.29 is 14.2 Å². The third-order valence-electron chi connectivity index (χ3n) is 3.09. The van der Waals surface area contributed by atoms with Gasteiger partial charge in [0.05, 0.1) is 25.5 Å². The number of hydrogen-bond donors (Lipinski definition) is 2. The Morgan fingerprint density at radius 2 is 2.44 bits per heavy atom. The molecule has 0 aliphatic carbocycles. The van der Waals surface area contributed by atoms with Gasteiger partial charge in [-0.1, -0.05) is 0 Å². The number of imidazole rings is 1. The summed E-state index contributed by atoms with van der Waals surface area (Å²) in [7, 11) is 0. The van der Waals surface area contributed by atoms with E-state index in [2.05, 4.69) is 15.1 Å². The summed E-state index contributed by atoms with van der Waals surface area (Å²) in [6.07, 6.45) is 2.20. The van der Waals surface area contributed by atoms with Gasteiger partial charge in [0, 0.05) is 6.42 Å². The number of anilines is 1. The molecule has 0 saturated carbocycles. The minimum Gasteiger partial charge on any atom is -0.394 e. The van der Waals surface area contributed by atoms with Crippen LogP contribution >= 0.6 is 0 Å². The minimum absolute atomic E-state index is 0.0706. The average Bonchev–Trinajstić information content (AvgIpc) is 2.94. The van der Waals surface area contributed by atoms with Crippen LogP contribution in [0.4, 0.5) is 10.2 Å². The predicted octanol–water partition coefficient (Wildman–Crippen LogP) is -0.348. The van der Waals surface area contributed by atoms with E-state index in [0.29, 0.717) is 5.65 Å². The summed E-state index contributed by atoms with van der Waals surface area (Å²) in [6.45, 7) is -0.338. The first-order valence-corrected chi connectivity index (χ1v) is 5.50. The molecule has 3 rings (SSSR count). The Balaban J connectivity index is 2.07. The van der Waals surface area contributed by atoms with E-state index in [1.54, 1.807) is 0 Å². The van der Waals surface area contributed by atoms with Crippen LogP contribution in [0.25, 0.3) is 5.65 Å². The van der Waals surface area contributed by atoms with Crippen LogP contribution in [0.3, 0.4) is 0 Å². The molecule has 18 heavy (non-hydrogen) atoms. The molecular weight excluding hydrogens is 241 g/mol. The predicted molar refractivity (Wildman–Crippen MR) is 59.4 cm³/mol. The van der Waals surface area contributed by atoms with E-state index in [4.69, 9.17) is 15.6 Å². The molecular formula is C10H12FN5O2. The maximum absolute atomic E-state index is 14.8. The van der Waals surface area contributed by atoms with Crippen molar-refractivity contribution in [3.05, 3.63) is 18.2 Å². The maximum atomic E-state index is 14.8. The summed E-state index contributed by atoms with van der Waals surface area (Å²) in [5.74, 6) is 0.192. The Labute approximate surface area is 101 Å². The van der Waals surface area contributed by atoms with E-state index in [-0.39, 0.29) is 31.1 Å². The minimum atomic E-state index is -1.71. The fourth-order valence-corrected chi connectivity index (χ4v) is 2.16. The van der Waals surface area contributed by atoms with Crippen LogP contribution in [0, 0.1) is 0 Å². The maximum Gasteiger partial charge on any atom is 0.196 e. The molecule has 8 heteroatoms. The number of ether oxygens (including phenoxy) is 1. The van der Waals surface area contributed by atoms with Gasteiger partial charge < -0.3 is 15.6 Å². The van der Waals surface area contributed by atoms with Crippen molar-refractivity contribution in [2.45, 2.75) is 18.2 Å². The van der Waals surface area contributed by atoms with E-state index in [1.807, 2.05) is 0 Å². The second kappa shape index (κ2) is 3.85. The molecule has 0 unspecified atom stereocenters. The van der Waals surface area contributed by atoms with Gasteiger partial charge in [-0.25, -0.2) is 18.9 Å². The molecule has 0 spiro atoms. The van der Waals surface area contributed by atoms with E-state index in [0.717, 1.165) is 0 Å². The Morgan fingerprint density at radius 1 is 1.61 bits per heavy atom. The van der Waals surface area contributed by atoms with Crippen molar-refractivity contribution in [1.82, 2.24) is 19.6 Å². The van der Waals surface area contributed by atoms with E-state index in [9.17, 15) is 4.39 Å². The van der Waals surface area contributed by atoms with Gasteiger partial charge in [-0.05, 0) is 0 Å². The molecule has 1 fully saturated rings. The molecule has 0 aromatic carbocycles. The first-order chi connectivity index (χ1) is 8.64. The number of rotatable bonds is 2. The summed E-state index contributed by atoms with van der Waals surface area (Å²) in [5, 5.41) is 12.9. The van der Waals surface area contributed by atoms with Gasteiger partial charge in [-0.2, -0.15) is 5.10 Å². The highest BCUT2D eigenvalue weighted by Gasteiger charge is 2.44. The Morgan fingerprint density at radius 3 is 3.17 bits per heavy atom. The number of nitrogens with zero attached hydrogens (tertiary/aromatic N) is 4. The normalized spacial score (nSPS) is 28.0.